The Morgan fingerprint density at radius 2 is 1.71 bits per heavy atom. The number of carbonyl (C=O) groups is 1. The van der Waals surface area contributed by atoms with E-state index < -0.39 is 0 Å². The molecule has 0 saturated carbocycles. The summed E-state index contributed by atoms with van der Waals surface area (Å²) in [7, 11) is 0. The number of benzene rings is 2. The van der Waals surface area contributed by atoms with Crippen LogP contribution in [0.5, 0.6) is 0 Å². The number of hydrogen-bond donors (Lipinski definition) is 1. The van der Waals surface area contributed by atoms with Crippen molar-refractivity contribution >= 4 is 40.0 Å². The molecule has 122 valence electrons. The topological polar surface area (TPSA) is 42.0 Å². The van der Waals surface area contributed by atoms with Crippen LogP contribution in [0.4, 0.5) is 0 Å². The van der Waals surface area contributed by atoms with Gasteiger partial charge in [0.2, 0.25) is 5.91 Å². The molecule has 1 heterocycles. The minimum absolute atomic E-state index is 0.0989. The third-order valence-electron chi connectivity index (χ3n) is 3.83. The second kappa shape index (κ2) is 7.65. The molecule has 1 amide bonds. The lowest BCUT2D eigenvalue weighted by atomic mass is 10.1. The Balaban J connectivity index is 1.61. The molecule has 0 unspecified atom stereocenters. The van der Waals surface area contributed by atoms with Crippen molar-refractivity contribution in [2.75, 3.05) is 6.54 Å². The highest BCUT2D eigenvalue weighted by atomic mass is 35.5. The van der Waals surface area contributed by atoms with E-state index >= 15 is 0 Å². The third kappa shape index (κ3) is 3.86. The van der Waals surface area contributed by atoms with E-state index in [1.165, 1.54) is 0 Å². The van der Waals surface area contributed by atoms with Crippen molar-refractivity contribution in [3.05, 3.63) is 75.9 Å². The molecule has 1 N–H and O–H groups in total. The largest absolute Gasteiger partial charge is 0.355 e. The first-order valence-electron chi connectivity index (χ1n) is 7.67. The molecule has 1 aromatic heterocycles. The SMILES string of the molecule is O=C(Cc1c(Cl)cccc1Cl)NCCc1cccc2cccnc12. The highest BCUT2D eigenvalue weighted by Crippen LogP contribution is 2.24. The van der Waals surface area contributed by atoms with Gasteiger partial charge in [-0.15, -0.1) is 0 Å². The summed E-state index contributed by atoms with van der Waals surface area (Å²) in [5, 5.41) is 5.04. The summed E-state index contributed by atoms with van der Waals surface area (Å²) >= 11 is 12.2. The molecule has 0 saturated heterocycles. The highest BCUT2D eigenvalue weighted by Gasteiger charge is 2.10. The molecule has 5 heteroatoms. The summed E-state index contributed by atoms with van der Waals surface area (Å²) in [5.74, 6) is -0.0989. The summed E-state index contributed by atoms with van der Waals surface area (Å²) in [6, 6.07) is 15.3. The predicted molar refractivity (Wildman–Crippen MR) is 98.6 cm³/mol. The van der Waals surface area contributed by atoms with Gasteiger partial charge in [0.1, 0.15) is 0 Å². The van der Waals surface area contributed by atoms with Crippen molar-refractivity contribution in [3.63, 3.8) is 0 Å². The zero-order valence-electron chi connectivity index (χ0n) is 12.9. The quantitative estimate of drug-likeness (QED) is 0.732. The van der Waals surface area contributed by atoms with Gasteiger partial charge in [-0.1, -0.05) is 53.5 Å². The summed E-state index contributed by atoms with van der Waals surface area (Å²) in [5.41, 5.74) is 2.75. The number of aromatic nitrogens is 1. The van der Waals surface area contributed by atoms with Crippen LogP contribution in [0, 0.1) is 0 Å². The molecule has 0 aliphatic rings. The minimum atomic E-state index is -0.0989. The van der Waals surface area contributed by atoms with Gasteiger partial charge in [-0.2, -0.15) is 0 Å². The number of pyridine rings is 1. The summed E-state index contributed by atoms with van der Waals surface area (Å²) in [6.45, 7) is 0.538. The maximum absolute atomic E-state index is 12.1. The Bertz CT molecular complexity index is 855. The number of nitrogens with zero attached hydrogens (tertiary/aromatic N) is 1. The van der Waals surface area contributed by atoms with E-state index in [-0.39, 0.29) is 12.3 Å². The summed E-state index contributed by atoms with van der Waals surface area (Å²) < 4.78 is 0. The van der Waals surface area contributed by atoms with Crippen molar-refractivity contribution in [2.24, 2.45) is 0 Å². The second-order valence-electron chi connectivity index (χ2n) is 5.47. The lowest BCUT2D eigenvalue weighted by Gasteiger charge is -2.09. The fraction of sp³-hybridized carbons (Fsp3) is 0.158. The van der Waals surface area contributed by atoms with Crippen LogP contribution >= 0.6 is 23.2 Å². The zero-order valence-corrected chi connectivity index (χ0v) is 14.4. The fourth-order valence-corrected chi connectivity index (χ4v) is 3.16. The van der Waals surface area contributed by atoms with Gasteiger partial charge in [0.15, 0.2) is 0 Å². The molecule has 3 aromatic rings. The Labute approximate surface area is 150 Å². The van der Waals surface area contributed by atoms with E-state index in [1.807, 2.05) is 30.3 Å². The standard InChI is InChI=1S/C19H16Cl2N2O/c20-16-7-2-8-17(21)15(16)12-18(24)22-11-9-14-5-1-4-13-6-3-10-23-19(13)14/h1-8,10H,9,11-12H2,(H,22,24). The summed E-state index contributed by atoms with van der Waals surface area (Å²) in [6.07, 6.45) is 2.67. The molecular weight excluding hydrogens is 343 g/mol. The van der Waals surface area contributed by atoms with Crippen LogP contribution in [0.25, 0.3) is 10.9 Å². The third-order valence-corrected chi connectivity index (χ3v) is 4.54. The van der Waals surface area contributed by atoms with Gasteiger partial charge in [-0.3, -0.25) is 9.78 Å². The van der Waals surface area contributed by atoms with Crippen molar-refractivity contribution in [3.8, 4) is 0 Å². The molecule has 0 bridgehead atoms. The number of hydrogen-bond acceptors (Lipinski definition) is 2. The molecule has 3 nitrogen and oxygen atoms in total. The molecule has 0 radical (unpaired) electrons. The number of carbonyl (C=O) groups excluding carboxylic acids is 1. The molecule has 0 fully saturated rings. The van der Waals surface area contributed by atoms with E-state index in [0.29, 0.717) is 22.2 Å². The second-order valence-corrected chi connectivity index (χ2v) is 6.28. The van der Waals surface area contributed by atoms with Gasteiger partial charge in [0.25, 0.3) is 0 Å². The average molecular weight is 359 g/mol. The maximum Gasteiger partial charge on any atom is 0.224 e. The lowest BCUT2D eigenvalue weighted by Crippen LogP contribution is -2.27. The van der Waals surface area contributed by atoms with Crippen LogP contribution in [0.15, 0.2) is 54.7 Å². The highest BCUT2D eigenvalue weighted by molar-refractivity contribution is 6.36. The Kier molecular flexibility index (Phi) is 5.34. The number of halogens is 2. The van der Waals surface area contributed by atoms with Crippen molar-refractivity contribution in [2.45, 2.75) is 12.8 Å². The summed E-state index contributed by atoms with van der Waals surface area (Å²) in [4.78, 5) is 16.5. The molecule has 2 aromatic carbocycles. The first kappa shape index (κ1) is 16.7. The molecular formula is C19H16Cl2N2O. The van der Waals surface area contributed by atoms with Crippen LogP contribution < -0.4 is 5.32 Å². The molecule has 0 atom stereocenters. The first-order chi connectivity index (χ1) is 11.6. The number of fused-ring (bicyclic) bond motifs is 1. The van der Waals surface area contributed by atoms with Gasteiger partial charge in [0.05, 0.1) is 11.9 Å². The van der Waals surface area contributed by atoms with Crippen LogP contribution in [0.2, 0.25) is 10.0 Å². The van der Waals surface area contributed by atoms with Gasteiger partial charge < -0.3 is 5.32 Å². The number of rotatable bonds is 5. The van der Waals surface area contributed by atoms with Crippen molar-refractivity contribution in [1.29, 1.82) is 0 Å². The van der Waals surface area contributed by atoms with Gasteiger partial charge in [-0.05, 0) is 35.7 Å². The zero-order chi connectivity index (χ0) is 16.9. The predicted octanol–water partition coefficient (Wildman–Crippen LogP) is 4.44. The van der Waals surface area contributed by atoms with Crippen LogP contribution in [-0.2, 0) is 17.6 Å². The van der Waals surface area contributed by atoms with Gasteiger partial charge in [0, 0.05) is 28.2 Å². The Hall–Kier alpha value is -2.10. The van der Waals surface area contributed by atoms with Crippen LogP contribution in [0.1, 0.15) is 11.1 Å². The maximum atomic E-state index is 12.1. The van der Waals surface area contributed by atoms with E-state index in [2.05, 4.69) is 10.3 Å². The lowest BCUT2D eigenvalue weighted by molar-refractivity contribution is -0.120. The molecule has 0 aliphatic carbocycles. The fourth-order valence-electron chi connectivity index (χ4n) is 2.63. The average Bonchev–Trinajstić information content (AvgIpc) is 2.58. The number of amides is 1. The first-order valence-corrected chi connectivity index (χ1v) is 8.43. The van der Waals surface area contributed by atoms with Gasteiger partial charge in [-0.25, -0.2) is 0 Å². The monoisotopic (exact) mass is 358 g/mol. The van der Waals surface area contributed by atoms with Crippen LogP contribution in [0.3, 0.4) is 0 Å². The number of nitrogens with one attached hydrogen (secondary N) is 1. The van der Waals surface area contributed by atoms with Gasteiger partial charge >= 0.3 is 0 Å². The van der Waals surface area contributed by atoms with E-state index in [9.17, 15) is 4.79 Å². The minimum Gasteiger partial charge on any atom is -0.355 e. The van der Waals surface area contributed by atoms with E-state index in [0.717, 1.165) is 22.9 Å². The van der Waals surface area contributed by atoms with Crippen molar-refractivity contribution < 1.29 is 4.79 Å². The smallest absolute Gasteiger partial charge is 0.224 e. The van der Waals surface area contributed by atoms with Crippen LogP contribution in [-0.4, -0.2) is 17.4 Å². The van der Waals surface area contributed by atoms with Crippen molar-refractivity contribution in [1.82, 2.24) is 10.3 Å². The van der Waals surface area contributed by atoms with E-state index in [1.54, 1.807) is 24.4 Å². The van der Waals surface area contributed by atoms with E-state index in [4.69, 9.17) is 23.2 Å². The molecule has 3 rings (SSSR count). The number of para-hydroxylation sites is 1. The molecule has 0 spiro atoms. The molecule has 24 heavy (non-hydrogen) atoms. The molecule has 0 aliphatic heterocycles. The normalized spacial score (nSPS) is 10.8. The Morgan fingerprint density at radius 3 is 2.50 bits per heavy atom. The Morgan fingerprint density at radius 1 is 1.00 bits per heavy atom.